The number of rotatable bonds is 1. The maximum Gasteiger partial charge on any atom is 0.404 e. The van der Waals surface area contributed by atoms with E-state index in [1.165, 1.54) is 0 Å². The molecular weight excluding hydrogens is 144 g/mol. The van der Waals surface area contributed by atoms with Crippen molar-refractivity contribution in [1.29, 1.82) is 0 Å². The van der Waals surface area contributed by atoms with Gasteiger partial charge in [-0.05, 0) is 33.0 Å². The lowest BCUT2D eigenvalue weighted by atomic mass is 10.1. The molecule has 1 amide bonds. The Morgan fingerprint density at radius 2 is 2.09 bits per heavy atom. The first-order valence-electron chi connectivity index (χ1n) is 3.86. The van der Waals surface area contributed by atoms with Gasteiger partial charge in [0.2, 0.25) is 0 Å². The average Bonchev–Trinajstić information content (AvgIpc) is 1.93. The highest BCUT2D eigenvalue weighted by Crippen LogP contribution is 2.07. The van der Waals surface area contributed by atoms with E-state index in [4.69, 9.17) is 5.11 Å². The van der Waals surface area contributed by atoms with Gasteiger partial charge in [-0.3, -0.25) is 0 Å². The van der Waals surface area contributed by atoms with Crippen LogP contribution < -0.4 is 5.32 Å². The number of nitrogens with zero attached hydrogens (tertiary/aromatic N) is 1. The summed E-state index contributed by atoms with van der Waals surface area (Å²) in [6.07, 6.45) is 0.963. The molecule has 1 heterocycles. The quantitative estimate of drug-likeness (QED) is 0.579. The zero-order valence-corrected chi connectivity index (χ0v) is 6.71. The zero-order valence-electron chi connectivity index (χ0n) is 6.71. The fourth-order valence-electron chi connectivity index (χ4n) is 1.33. The predicted octanol–water partition coefficient (Wildman–Crippen LogP) is 0.348. The molecule has 4 heteroatoms. The number of carboxylic acid groups (broad SMARTS) is 1. The first-order valence-corrected chi connectivity index (χ1v) is 3.86. The van der Waals surface area contributed by atoms with Gasteiger partial charge < -0.3 is 15.3 Å². The Morgan fingerprint density at radius 1 is 1.55 bits per heavy atom. The Morgan fingerprint density at radius 3 is 2.55 bits per heavy atom. The first kappa shape index (κ1) is 8.33. The second-order valence-corrected chi connectivity index (χ2v) is 3.03. The molecule has 0 aromatic carbocycles. The van der Waals surface area contributed by atoms with E-state index in [9.17, 15) is 4.79 Å². The molecule has 0 bridgehead atoms. The van der Waals surface area contributed by atoms with Crippen molar-refractivity contribution < 1.29 is 9.90 Å². The monoisotopic (exact) mass is 158 g/mol. The lowest BCUT2D eigenvalue weighted by molar-refractivity contribution is 0.177. The molecule has 2 N–H and O–H groups in total. The van der Waals surface area contributed by atoms with Crippen LogP contribution in [0, 0.1) is 0 Å². The van der Waals surface area contributed by atoms with Gasteiger partial charge in [0.25, 0.3) is 0 Å². The molecule has 11 heavy (non-hydrogen) atoms. The van der Waals surface area contributed by atoms with Crippen molar-refractivity contribution in [2.45, 2.75) is 18.9 Å². The number of hydrogen-bond donors (Lipinski definition) is 2. The Kier molecular flexibility index (Phi) is 2.70. The van der Waals surface area contributed by atoms with Gasteiger partial charge in [0.1, 0.15) is 0 Å². The Bertz CT molecular complexity index is 141. The fraction of sp³-hybridized carbons (Fsp3) is 0.857. The van der Waals surface area contributed by atoms with Crippen molar-refractivity contribution in [3.05, 3.63) is 0 Å². The number of amides is 1. The van der Waals surface area contributed by atoms with Crippen LogP contribution in [0.25, 0.3) is 0 Å². The van der Waals surface area contributed by atoms with Crippen LogP contribution in [0.15, 0.2) is 0 Å². The van der Waals surface area contributed by atoms with E-state index < -0.39 is 6.09 Å². The van der Waals surface area contributed by atoms with Crippen molar-refractivity contribution in [2.24, 2.45) is 0 Å². The second-order valence-electron chi connectivity index (χ2n) is 3.03. The van der Waals surface area contributed by atoms with E-state index in [1.807, 2.05) is 0 Å². The molecule has 1 fully saturated rings. The highest BCUT2D eigenvalue weighted by molar-refractivity contribution is 5.64. The topological polar surface area (TPSA) is 52.6 Å². The molecule has 1 rings (SSSR count). The molecule has 0 aliphatic carbocycles. The minimum Gasteiger partial charge on any atom is -0.465 e. The number of nitrogens with one attached hydrogen (secondary N) is 1. The van der Waals surface area contributed by atoms with Gasteiger partial charge in [-0.2, -0.15) is 0 Å². The number of likely N-dealkylation sites (tertiary alicyclic amines) is 1. The highest BCUT2D eigenvalue weighted by Gasteiger charge is 2.17. The summed E-state index contributed by atoms with van der Waals surface area (Å²) in [6, 6.07) is 0.170. The fourth-order valence-corrected chi connectivity index (χ4v) is 1.33. The number of piperidine rings is 1. The molecule has 1 saturated heterocycles. The van der Waals surface area contributed by atoms with Crippen LogP contribution in [-0.2, 0) is 0 Å². The van der Waals surface area contributed by atoms with E-state index in [0.29, 0.717) is 0 Å². The largest absolute Gasteiger partial charge is 0.465 e. The summed E-state index contributed by atoms with van der Waals surface area (Å²) in [4.78, 5) is 12.4. The summed E-state index contributed by atoms with van der Waals surface area (Å²) < 4.78 is 0. The predicted molar refractivity (Wildman–Crippen MR) is 41.7 cm³/mol. The van der Waals surface area contributed by atoms with E-state index in [1.54, 1.807) is 0 Å². The summed E-state index contributed by atoms with van der Waals surface area (Å²) in [6.45, 7) is 1.98. The lowest BCUT2D eigenvalue weighted by Gasteiger charge is -2.28. The second kappa shape index (κ2) is 3.57. The number of carbonyl (C=O) groups is 1. The smallest absolute Gasteiger partial charge is 0.404 e. The Labute approximate surface area is 66.2 Å². The van der Waals surface area contributed by atoms with Gasteiger partial charge in [0.15, 0.2) is 0 Å². The third-order valence-electron chi connectivity index (χ3n) is 2.05. The van der Waals surface area contributed by atoms with Gasteiger partial charge >= 0.3 is 6.09 Å². The van der Waals surface area contributed by atoms with Crippen molar-refractivity contribution in [3.8, 4) is 0 Å². The van der Waals surface area contributed by atoms with E-state index in [-0.39, 0.29) is 6.04 Å². The normalized spacial score (nSPS) is 21.5. The van der Waals surface area contributed by atoms with Crippen LogP contribution in [-0.4, -0.2) is 42.3 Å². The highest BCUT2D eigenvalue weighted by atomic mass is 16.4. The molecule has 0 atom stereocenters. The van der Waals surface area contributed by atoms with Crippen molar-refractivity contribution >= 4 is 6.09 Å². The lowest BCUT2D eigenvalue weighted by Crippen LogP contribution is -2.42. The van der Waals surface area contributed by atoms with Crippen LogP contribution in [0.4, 0.5) is 4.79 Å². The SMILES string of the molecule is CN1CCC(NC(=O)O)CC1. The van der Waals surface area contributed by atoms with Crippen LogP contribution in [0.5, 0.6) is 0 Å². The average molecular weight is 158 g/mol. The molecule has 0 aromatic rings. The molecule has 0 saturated carbocycles. The van der Waals surface area contributed by atoms with Crippen LogP contribution in [0.2, 0.25) is 0 Å². The van der Waals surface area contributed by atoms with E-state index in [2.05, 4.69) is 17.3 Å². The summed E-state index contributed by atoms with van der Waals surface area (Å²) >= 11 is 0. The van der Waals surface area contributed by atoms with Gasteiger partial charge in [0.05, 0.1) is 0 Å². The van der Waals surface area contributed by atoms with Gasteiger partial charge in [0, 0.05) is 6.04 Å². The van der Waals surface area contributed by atoms with Gasteiger partial charge in [-0.25, -0.2) is 4.79 Å². The molecule has 64 valence electrons. The minimum atomic E-state index is -0.903. The van der Waals surface area contributed by atoms with Gasteiger partial charge in [-0.1, -0.05) is 0 Å². The molecule has 0 radical (unpaired) electrons. The molecule has 1 aliphatic rings. The molecule has 0 unspecified atom stereocenters. The van der Waals surface area contributed by atoms with E-state index >= 15 is 0 Å². The van der Waals surface area contributed by atoms with Crippen LogP contribution in [0.1, 0.15) is 12.8 Å². The zero-order chi connectivity index (χ0) is 8.27. The molecule has 0 aromatic heterocycles. The molecule has 1 aliphatic heterocycles. The third-order valence-corrected chi connectivity index (χ3v) is 2.05. The summed E-state index contributed by atoms with van der Waals surface area (Å²) in [7, 11) is 2.05. The van der Waals surface area contributed by atoms with Crippen molar-refractivity contribution in [2.75, 3.05) is 20.1 Å². The summed E-state index contributed by atoms with van der Waals surface area (Å²) in [5, 5.41) is 10.9. The minimum absolute atomic E-state index is 0.170. The molecular formula is C7H14N2O2. The van der Waals surface area contributed by atoms with Crippen molar-refractivity contribution in [3.63, 3.8) is 0 Å². The summed E-state index contributed by atoms with van der Waals surface area (Å²) in [5.41, 5.74) is 0. The van der Waals surface area contributed by atoms with E-state index in [0.717, 1.165) is 25.9 Å². The third kappa shape index (κ3) is 2.76. The van der Waals surface area contributed by atoms with Crippen LogP contribution in [0.3, 0.4) is 0 Å². The maximum atomic E-state index is 10.2. The Hall–Kier alpha value is -0.770. The molecule has 4 nitrogen and oxygen atoms in total. The first-order chi connectivity index (χ1) is 5.18. The summed E-state index contributed by atoms with van der Waals surface area (Å²) in [5.74, 6) is 0. The standard InChI is InChI=1S/C7H14N2O2/c1-9-4-2-6(3-5-9)8-7(10)11/h6,8H,2-5H2,1H3,(H,10,11). The van der Waals surface area contributed by atoms with Crippen LogP contribution >= 0.6 is 0 Å². The molecule has 0 spiro atoms. The number of hydrogen-bond acceptors (Lipinski definition) is 2. The van der Waals surface area contributed by atoms with Crippen molar-refractivity contribution in [1.82, 2.24) is 10.2 Å². The maximum absolute atomic E-state index is 10.2. The Balaban J connectivity index is 2.22. The van der Waals surface area contributed by atoms with Gasteiger partial charge in [-0.15, -0.1) is 0 Å².